The number of carbonyl (C=O) groups excluding carboxylic acids is 3. The average Bonchev–Trinajstić information content (AvgIpc) is 2.58. The summed E-state index contributed by atoms with van der Waals surface area (Å²) >= 11 is 6.06. The maximum absolute atomic E-state index is 13.0. The standard InChI is InChI=1S/C16H20ClN3O7S/c1-9-6-20(7-10(2)27-9)28(24,25)13-5-11(3-4-12(13)17)15(22)26-8-14(21)19-16(18)23/h3-5,9-10H,6-8H2,1-2H3,(H3,18,19,21,23). The van der Waals surface area contributed by atoms with Crippen LogP contribution in [0.1, 0.15) is 24.2 Å². The zero-order valence-corrected chi connectivity index (χ0v) is 16.7. The van der Waals surface area contributed by atoms with E-state index in [1.807, 2.05) is 0 Å². The number of primary amides is 1. The number of nitrogens with zero attached hydrogens (tertiary/aromatic N) is 1. The fourth-order valence-corrected chi connectivity index (χ4v) is 4.77. The number of hydrogen-bond donors (Lipinski definition) is 2. The lowest BCUT2D eigenvalue weighted by Crippen LogP contribution is -2.48. The molecule has 0 radical (unpaired) electrons. The van der Waals surface area contributed by atoms with Gasteiger partial charge in [0.15, 0.2) is 6.61 Å². The van der Waals surface area contributed by atoms with Crippen molar-refractivity contribution in [1.29, 1.82) is 0 Å². The molecule has 0 aliphatic carbocycles. The second-order valence-electron chi connectivity index (χ2n) is 6.21. The van der Waals surface area contributed by atoms with E-state index in [1.54, 1.807) is 19.2 Å². The van der Waals surface area contributed by atoms with Crippen molar-refractivity contribution < 1.29 is 32.3 Å². The van der Waals surface area contributed by atoms with E-state index in [2.05, 4.69) is 0 Å². The molecule has 1 aliphatic heterocycles. The van der Waals surface area contributed by atoms with Gasteiger partial charge in [-0.15, -0.1) is 0 Å². The molecule has 1 aliphatic rings. The van der Waals surface area contributed by atoms with Gasteiger partial charge in [0.05, 0.1) is 22.8 Å². The quantitative estimate of drug-likeness (QED) is 0.642. The second-order valence-corrected chi connectivity index (χ2v) is 8.53. The van der Waals surface area contributed by atoms with Crippen molar-refractivity contribution in [3.8, 4) is 0 Å². The Kier molecular flexibility index (Phi) is 6.99. The summed E-state index contributed by atoms with van der Waals surface area (Å²) in [6.45, 7) is 3.04. The monoisotopic (exact) mass is 433 g/mol. The number of halogens is 1. The van der Waals surface area contributed by atoms with Gasteiger partial charge in [-0.25, -0.2) is 18.0 Å². The van der Waals surface area contributed by atoms with Gasteiger partial charge in [0.2, 0.25) is 10.0 Å². The van der Waals surface area contributed by atoms with Crippen LogP contribution in [0.15, 0.2) is 23.1 Å². The van der Waals surface area contributed by atoms with Crippen molar-refractivity contribution in [1.82, 2.24) is 9.62 Å². The molecule has 1 saturated heterocycles. The smallest absolute Gasteiger partial charge is 0.338 e. The molecule has 3 amide bonds. The molecule has 1 heterocycles. The number of benzene rings is 1. The molecular weight excluding hydrogens is 414 g/mol. The summed E-state index contributed by atoms with van der Waals surface area (Å²) in [4.78, 5) is 33.7. The molecule has 0 aromatic heterocycles. The summed E-state index contributed by atoms with van der Waals surface area (Å²) in [5.74, 6) is -1.88. The third-order valence-corrected chi connectivity index (χ3v) is 6.08. The number of ether oxygens (including phenoxy) is 2. The molecule has 12 heteroatoms. The minimum Gasteiger partial charge on any atom is -0.452 e. The minimum absolute atomic E-state index is 0.0604. The van der Waals surface area contributed by atoms with Gasteiger partial charge in [-0.1, -0.05) is 11.6 Å². The topological polar surface area (TPSA) is 145 Å². The number of hydrogen-bond acceptors (Lipinski definition) is 7. The van der Waals surface area contributed by atoms with Crippen LogP contribution in [0.3, 0.4) is 0 Å². The summed E-state index contributed by atoms with van der Waals surface area (Å²) < 4.78 is 37.5. The van der Waals surface area contributed by atoms with E-state index in [9.17, 15) is 22.8 Å². The number of sulfonamides is 1. The van der Waals surface area contributed by atoms with Crippen LogP contribution in [0.25, 0.3) is 0 Å². The van der Waals surface area contributed by atoms with Crippen molar-refractivity contribution in [2.75, 3.05) is 19.7 Å². The number of nitrogens with one attached hydrogen (secondary N) is 1. The van der Waals surface area contributed by atoms with Crippen molar-refractivity contribution in [2.24, 2.45) is 5.73 Å². The molecule has 10 nitrogen and oxygen atoms in total. The molecule has 2 unspecified atom stereocenters. The third kappa shape index (κ3) is 5.41. The number of esters is 1. The Hall–Kier alpha value is -2.21. The molecule has 0 spiro atoms. The van der Waals surface area contributed by atoms with Gasteiger partial charge >= 0.3 is 12.0 Å². The summed E-state index contributed by atoms with van der Waals surface area (Å²) in [5, 5.41) is 1.67. The van der Waals surface area contributed by atoms with Gasteiger partial charge in [0.1, 0.15) is 4.90 Å². The zero-order valence-electron chi connectivity index (χ0n) is 15.2. The maximum Gasteiger partial charge on any atom is 0.338 e. The van der Waals surface area contributed by atoms with Crippen LogP contribution in [-0.4, -0.2) is 62.5 Å². The molecule has 2 rings (SSSR count). The Morgan fingerprint density at radius 1 is 1.29 bits per heavy atom. The van der Waals surface area contributed by atoms with Gasteiger partial charge in [-0.05, 0) is 32.0 Å². The lowest BCUT2D eigenvalue weighted by atomic mass is 10.2. The molecule has 1 fully saturated rings. The predicted octanol–water partition coefficient (Wildman–Crippen LogP) is 0.490. The molecule has 1 aromatic carbocycles. The van der Waals surface area contributed by atoms with Gasteiger partial charge < -0.3 is 15.2 Å². The highest BCUT2D eigenvalue weighted by Gasteiger charge is 2.34. The fraction of sp³-hybridized carbons (Fsp3) is 0.438. The van der Waals surface area contributed by atoms with Gasteiger partial charge in [0, 0.05) is 13.1 Å². The van der Waals surface area contributed by atoms with E-state index in [0.29, 0.717) is 0 Å². The van der Waals surface area contributed by atoms with E-state index in [1.165, 1.54) is 16.4 Å². The molecule has 154 valence electrons. The first-order valence-corrected chi connectivity index (χ1v) is 10.0. The highest BCUT2D eigenvalue weighted by Crippen LogP contribution is 2.28. The molecule has 28 heavy (non-hydrogen) atoms. The van der Waals surface area contributed by atoms with Crippen LogP contribution >= 0.6 is 11.6 Å². The second kappa shape index (κ2) is 8.86. The van der Waals surface area contributed by atoms with Crippen molar-refractivity contribution in [3.05, 3.63) is 28.8 Å². The number of imide groups is 1. The molecule has 2 atom stereocenters. The minimum atomic E-state index is -3.99. The lowest BCUT2D eigenvalue weighted by molar-refractivity contribution is -0.123. The zero-order chi connectivity index (χ0) is 21.1. The largest absolute Gasteiger partial charge is 0.452 e. The van der Waals surface area contributed by atoms with Gasteiger partial charge in [0.25, 0.3) is 5.91 Å². The first-order valence-electron chi connectivity index (χ1n) is 8.22. The average molecular weight is 434 g/mol. The first kappa shape index (κ1) is 22.1. The SMILES string of the molecule is CC1CN(S(=O)(=O)c2cc(C(=O)OCC(=O)NC(N)=O)ccc2Cl)CC(C)O1. The van der Waals surface area contributed by atoms with Crippen LogP contribution in [0, 0.1) is 0 Å². The predicted molar refractivity (Wildman–Crippen MR) is 98.2 cm³/mol. The number of carbonyl (C=O) groups is 3. The Bertz CT molecular complexity index is 880. The Balaban J connectivity index is 2.21. The summed E-state index contributed by atoms with van der Waals surface area (Å²) in [5.41, 5.74) is 4.66. The first-order chi connectivity index (χ1) is 13.0. The van der Waals surface area contributed by atoms with Crippen molar-refractivity contribution in [2.45, 2.75) is 31.0 Å². The fourth-order valence-electron chi connectivity index (χ4n) is 2.68. The van der Waals surface area contributed by atoms with Crippen LogP contribution in [0.2, 0.25) is 5.02 Å². The normalized spacial score (nSPS) is 20.4. The molecule has 0 saturated carbocycles. The number of nitrogens with two attached hydrogens (primary N) is 1. The maximum atomic E-state index is 13.0. The van der Waals surface area contributed by atoms with Crippen LogP contribution in [0.4, 0.5) is 4.79 Å². The van der Waals surface area contributed by atoms with E-state index >= 15 is 0 Å². The van der Waals surface area contributed by atoms with Crippen LogP contribution in [-0.2, 0) is 24.3 Å². The van der Waals surface area contributed by atoms with Crippen molar-refractivity contribution in [3.63, 3.8) is 0 Å². The number of rotatable bonds is 5. The van der Waals surface area contributed by atoms with E-state index in [-0.39, 0.29) is 40.8 Å². The van der Waals surface area contributed by atoms with Crippen LogP contribution < -0.4 is 11.1 Å². The summed E-state index contributed by atoms with van der Waals surface area (Å²) in [7, 11) is -3.99. The molecular formula is C16H20ClN3O7S. The van der Waals surface area contributed by atoms with E-state index < -0.39 is 34.5 Å². The molecule has 1 aromatic rings. The highest BCUT2D eigenvalue weighted by molar-refractivity contribution is 7.89. The molecule has 0 bridgehead atoms. The van der Waals surface area contributed by atoms with E-state index in [0.717, 1.165) is 6.07 Å². The van der Waals surface area contributed by atoms with Gasteiger partial charge in [-0.2, -0.15) is 4.31 Å². The summed E-state index contributed by atoms with van der Waals surface area (Å²) in [6, 6.07) is 2.51. The van der Waals surface area contributed by atoms with Crippen LogP contribution in [0.5, 0.6) is 0 Å². The summed E-state index contributed by atoms with van der Waals surface area (Å²) in [6.07, 6.45) is -0.594. The van der Waals surface area contributed by atoms with Crippen molar-refractivity contribution >= 4 is 39.5 Å². The third-order valence-electron chi connectivity index (χ3n) is 3.77. The Labute approximate surface area is 167 Å². The van der Waals surface area contributed by atoms with E-state index in [4.69, 9.17) is 26.8 Å². The number of morpholine rings is 1. The number of amides is 3. The van der Waals surface area contributed by atoms with Gasteiger partial charge in [-0.3, -0.25) is 10.1 Å². The Morgan fingerprint density at radius 3 is 2.46 bits per heavy atom. The number of urea groups is 1. The lowest BCUT2D eigenvalue weighted by Gasteiger charge is -2.34. The highest BCUT2D eigenvalue weighted by atomic mass is 35.5. The Morgan fingerprint density at radius 2 is 1.89 bits per heavy atom. The molecule has 3 N–H and O–H groups in total.